The predicted molar refractivity (Wildman–Crippen MR) is 77.7 cm³/mol. The first kappa shape index (κ1) is 13.1. The molecule has 0 bridgehead atoms. The van der Waals surface area contributed by atoms with E-state index in [1.807, 2.05) is 24.4 Å². The van der Waals surface area contributed by atoms with Crippen LogP contribution < -0.4 is 11.1 Å². The largest absolute Gasteiger partial charge is 0.399 e. The van der Waals surface area contributed by atoms with E-state index in [0.717, 1.165) is 36.6 Å². The third-order valence-corrected chi connectivity index (χ3v) is 3.71. The van der Waals surface area contributed by atoms with Gasteiger partial charge in [-0.1, -0.05) is 18.2 Å². The number of nitrogens with zero attached hydrogens (tertiary/aromatic N) is 1. The second kappa shape index (κ2) is 6.52. The van der Waals surface area contributed by atoms with Crippen molar-refractivity contribution in [3.8, 4) is 0 Å². The second-order valence-electron chi connectivity index (χ2n) is 4.34. The number of hydrogen-bond donors (Lipinski definition) is 2. The summed E-state index contributed by atoms with van der Waals surface area (Å²) in [4.78, 5) is 5.59. The Labute approximate surface area is 112 Å². The molecule has 0 aliphatic heterocycles. The van der Waals surface area contributed by atoms with Crippen LogP contribution in [0.1, 0.15) is 21.9 Å². The summed E-state index contributed by atoms with van der Waals surface area (Å²) in [6.07, 6.45) is 4.04. The summed E-state index contributed by atoms with van der Waals surface area (Å²) >= 11 is 1.75. The summed E-state index contributed by atoms with van der Waals surface area (Å²) in [6.45, 7) is 3.94. The highest BCUT2D eigenvalue weighted by Gasteiger charge is 1.99. The minimum atomic E-state index is 0.864. The van der Waals surface area contributed by atoms with Crippen molar-refractivity contribution in [3.63, 3.8) is 0 Å². The Balaban J connectivity index is 1.66. The molecule has 2 rings (SSSR count). The minimum Gasteiger partial charge on any atom is -0.399 e. The molecule has 1 heterocycles. The zero-order chi connectivity index (χ0) is 12.8. The molecule has 1 aromatic carbocycles. The van der Waals surface area contributed by atoms with Crippen molar-refractivity contribution < 1.29 is 0 Å². The highest BCUT2D eigenvalue weighted by molar-refractivity contribution is 7.11. The molecule has 0 spiro atoms. The zero-order valence-electron chi connectivity index (χ0n) is 10.6. The van der Waals surface area contributed by atoms with Crippen molar-refractivity contribution in [1.29, 1.82) is 0 Å². The maximum Gasteiger partial charge on any atom is 0.107 e. The van der Waals surface area contributed by atoms with E-state index in [2.05, 4.69) is 23.3 Å². The summed E-state index contributed by atoms with van der Waals surface area (Å²) in [5.41, 5.74) is 8.04. The van der Waals surface area contributed by atoms with Gasteiger partial charge in [-0.25, -0.2) is 4.98 Å². The molecule has 18 heavy (non-hydrogen) atoms. The highest BCUT2D eigenvalue weighted by atomic mass is 32.1. The molecule has 3 nitrogen and oxygen atoms in total. The van der Waals surface area contributed by atoms with Crippen molar-refractivity contribution in [3.05, 3.63) is 45.9 Å². The standard InChI is InChI=1S/C14H19N3S/c1-11-9-17-14(18-11)10-16-8-4-6-12-5-2-3-7-13(12)15/h2-3,5,7,9,16H,4,6,8,10,15H2,1H3. The number of benzene rings is 1. The first-order valence-electron chi connectivity index (χ1n) is 6.21. The number of thiazole rings is 1. The van der Waals surface area contributed by atoms with Crippen LogP contribution in [0.3, 0.4) is 0 Å². The average Bonchev–Trinajstić information content (AvgIpc) is 2.77. The maximum atomic E-state index is 5.90. The molecule has 0 saturated carbocycles. The molecule has 0 radical (unpaired) electrons. The third-order valence-electron chi connectivity index (χ3n) is 2.80. The highest BCUT2D eigenvalue weighted by Crippen LogP contribution is 2.13. The molecule has 0 aliphatic rings. The first-order valence-corrected chi connectivity index (χ1v) is 7.03. The van der Waals surface area contributed by atoms with Crippen LogP contribution in [-0.2, 0) is 13.0 Å². The summed E-state index contributed by atoms with van der Waals surface area (Å²) in [6, 6.07) is 8.07. The number of hydrogen-bond acceptors (Lipinski definition) is 4. The van der Waals surface area contributed by atoms with E-state index in [-0.39, 0.29) is 0 Å². The minimum absolute atomic E-state index is 0.864. The van der Waals surface area contributed by atoms with Crippen LogP contribution in [0.25, 0.3) is 0 Å². The fourth-order valence-electron chi connectivity index (χ4n) is 1.84. The monoisotopic (exact) mass is 261 g/mol. The number of para-hydroxylation sites is 1. The summed E-state index contributed by atoms with van der Waals surface area (Å²) in [7, 11) is 0. The first-order chi connectivity index (χ1) is 8.75. The topological polar surface area (TPSA) is 50.9 Å². The van der Waals surface area contributed by atoms with E-state index in [0.29, 0.717) is 0 Å². The van der Waals surface area contributed by atoms with Crippen LogP contribution in [0.5, 0.6) is 0 Å². The molecule has 0 amide bonds. The number of rotatable bonds is 6. The van der Waals surface area contributed by atoms with Crippen molar-refractivity contribution in [2.24, 2.45) is 0 Å². The molecule has 1 aromatic heterocycles. The van der Waals surface area contributed by atoms with Gasteiger partial charge in [0, 0.05) is 23.3 Å². The Morgan fingerprint density at radius 1 is 1.33 bits per heavy atom. The quantitative estimate of drug-likeness (QED) is 0.621. The lowest BCUT2D eigenvalue weighted by molar-refractivity contribution is 0.648. The van der Waals surface area contributed by atoms with Crippen LogP contribution >= 0.6 is 11.3 Å². The summed E-state index contributed by atoms with van der Waals surface area (Å²) < 4.78 is 0. The van der Waals surface area contributed by atoms with E-state index in [9.17, 15) is 0 Å². The molecular weight excluding hydrogens is 242 g/mol. The van der Waals surface area contributed by atoms with Gasteiger partial charge in [0.15, 0.2) is 0 Å². The van der Waals surface area contributed by atoms with Crippen molar-refractivity contribution >= 4 is 17.0 Å². The number of aromatic nitrogens is 1. The predicted octanol–water partition coefficient (Wildman–Crippen LogP) is 2.76. The molecule has 0 unspecified atom stereocenters. The maximum absolute atomic E-state index is 5.90. The Bertz CT molecular complexity index is 493. The third kappa shape index (κ3) is 3.82. The van der Waals surface area contributed by atoms with Crippen molar-refractivity contribution in [1.82, 2.24) is 10.3 Å². The van der Waals surface area contributed by atoms with Gasteiger partial charge in [0.1, 0.15) is 5.01 Å². The number of anilines is 1. The zero-order valence-corrected chi connectivity index (χ0v) is 11.5. The average molecular weight is 261 g/mol. The molecule has 2 aromatic rings. The van der Waals surface area contributed by atoms with Gasteiger partial charge in [-0.3, -0.25) is 0 Å². The fourth-order valence-corrected chi connectivity index (χ4v) is 2.60. The Kier molecular flexibility index (Phi) is 4.73. The van der Waals surface area contributed by atoms with Crippen LogP contribution in [0.15, 0.2) is 30.5 Å². The SMILES string of the molecule is Cc1cnc(CNCCCc2ccccc2N)s1. The molecule has 0 atom stereocenters. The van der Waals surface area contributed by atoms with Gasteiger partial charge in [-0.05, 0) is 37.9 Å². The Morgan fingerprint density at radius 3 is 2.89 bits per heavy atom. The molecule has 0 aliphatic carbocycles. The van der Waals surface area contributed by atoms with Gasteiger partial charge in [-0.2, -0.15) is 0 Å². The van der Waals surface area contributed by atoms with E-state index in [4.69, 9.17) is 5.73 Å². The number of nitrogens with two attached hydrogens (primary N) is 1. The number of aryl methyl sites for hydroxylation is 2. The molecule has 96 valence electrons. The van der Waals surface area contributed by atoms with Gasteiger partial charge >= 0.3 is 0 Å². The van der Waals surface area contributed by atoms with Gasteiger partial charge in [0.25, 0.3) is 0 Å². The van der Waals surface area contributed by atoms with Crippen LogP contribution in [0.2, 0.25) is 0 Å². The molecule has 3 N–H and O–H groups in total. The van der Waals surface area contributed by atoms with E-state index in [1.54, 1.807) is 11.3 Å². The van der Waals surface area contributed by atoms with Crippen LogP contribution in [0, 0.1) is 6.92 Å². The van der Waals surface area contributed by atoms with E-state index < -0.39 is 0 Å². The van der Waals surface area contributed by atoms with E-state index in [1.165, 1.54) is 10.4 Å². The fraction of sp³-hybridized carbons (Fsp3) is 0.357. The van der Waals surface area contributed by atoms with Gasteiger partial charge in [-0.15, -0.1) is 11.3 Å². The lowest BCUT2D eigenvalue weighted by Gasteiger charge is -2.05. The lowest BCUT2D eigenvalue weighted by Crippen LogP contribution is -2.15. The van der Waals surface area contributed by atoms with Gasteiger partial charge < -0.3 is 11.1 Å². The normalized spacial score (nSPS) is 10.7. The molecule has 0 saturated heterocycles. The molecule has 0 fully saturated rings. The van der Waals surface area contributed by atoms with Crippen LogP contribution in [-0.4, -0.2) is 11.5 Å². The Hall–Kier alpha value is -1.39. The molecule has 4 heteroatoms. The van der Waals surface area contributed by atoms with Gasteiger partial charge in [0.05, 0.1) is 0 Å². The molecular formula is C14H19N3S. The summed E-state index contributed by atoms with van der Waals surface area (Å²) in [5, 5.41) is 4.57. The second-order valence-corrected chi connectivity index (χ2v) is 5.66. The van der Waals surface area contributed by atoms with E-state index >= 15 is 0 Å². The van der Waals surface area contributed by atoms with Gasteiger partial charge in [0.2, 0.25) is 0 Å². The lowest BCUT2D eigenvalue weighted by atomic mass is 10.1. The van der Waals surface area contributed by atoms with Crippen LogP contribution in [0.4, 0.5) is 5.69 Å². The van der Waals surface area contributed by atoms with Crippen molar-refractivity contribution in [2.75, 3.05) is 12.3 Å². The smallest absolute Gasteiger partial charge is 0.107 e. The summed E-state index contributed by atoms with van der Waals surface area (Å²) in [5.74, 6) is 0. The Morgan fingerprint density at radius 2 is 2.17 bits per heavy atom. The number of nitrogens with one attached hydrogen (secondary N) is 1. The van der Waals surface area contributed by atoms with Crippen molar-refractivity contribution in [2.45, 2.75) is 26.3 Å². The number of nitrogen functional groups attached to an aromatic ring is 1.